The van der Waals surface area contributed by atoms with E-state index in [4.69, 9.17) is 20.0 Å². The summed E-state index contributed by atoms with van der Waals surface area (Å²) in [6.45, 7) is 4.25. The van der Waals surface area contributed by atoms with Crippen LogP contribution in [0.25, 0.3) is 0 Å². The fourth-order valence-electron chi connectivity index (χ4n) is 3.87. The third-order valence-corrected chi connectivity index (χ3v) is 6.09. The van der Waals surface area contributed by atoms with Crippen molar-refractivity contribution in [3.63, 3.8) is 0 Å². The Bertz CT molecular complexity index is 1500. The number of hydrogen-bond acceptors (Lipinski definition) is 6. The van der Waals surface area contributed by atoms with Crippen LogP contribution in [0, 0.1) is 45.3 Å². The summed E-state index contributed by atoms with van der Waals surface area (Å²) in [6, 6.07) is 33.1. The number of hydrogen-bond donors (Lipinski definition) is 0. The predicted octanol–water partition coefficient (Wildman–Crippen LogP) is 7.08. The van der Waals surface area contributed by atoms with Crippen molar-refractivity contribution in [2.75, 3.05) is 0 Å². The zero-order chi connectivity index (χ0) is 26.4. The van der Waals surface area contributed by atoms with Crippen molar-refractivity contribution in [2.24, 2.45) is 0 Å². The molecule has 0 heterocycles. The van der Waals surface area contributed by atoms with Gasteiger partial charge in [0.15, 0.2) is 0 Å². The minimum Gasteiger partial charge on any atom is -0.457 e. The van der Waals surface area contributed by atoms with E-state index in [1.807, 2.05) is 72.8 Å². The van der Waals surface area contributed by atoms with Crippen molar-refractivity contribution >= 4 is 0 Å². The molecule has 6 heteroatoms. The standard InChI is InChI=1S/C31H20N4O2/c1-31(2,25-5-11-27(12-6-25)36-29-9-3-21(17-32)23(15-29)19-34)26-7-13-28(14-8-26)37-30-10-4-22(18-33)24(16-30)20-35/h3-16H,1-2H3. The third kappa shape index (κ3) is 5.26. The maximum Gasteiger partial charge on any atom is 0.128 e. The van der Waals surface area contributed by atoms with Crippen molar-refractivity contribution in [1.82, 2.24) is 0 Å². The molecule has 4 rings (SSSR count). The van der Waals surface area contributed by atoms with Gasteiger partial charge in [0, 0.05) is 5.41 Å². The van der Waals surface area contributed by atoms with Crippen LogP contribution in [0.3, 0.4) is 0 Å². The van der Waals surface area contributed by atoms with Crippen LogP contribution in [0.2, 0.25) is 0 Å². The molecule has 4 aromatic rings. The van der Waals surface area contributed by atoms with Gasteiger partial charge in [0.1, 0.15) is 47.3 Å². The minimum absolute atomic E-state index is 0.273. The maximum absolute atomic E-state index is 9.22. The van der Waals surface area contributed by atoms with E-state index >= 15 is 0 Å². The Hall–Kier alpha value is -5.56. The van der Waals surface area contributed by atoms with Gasteiger partial charge in [-0.1, -0.05) is 38.1 Å². The summed E-state index contributed by atoms with van der Waals surface area (Å²) in [7, 11) is 0. The quantitative estimate of drug-likeness (QED) is 0.291. The van der Waals surface area contributed by atoms with Crippen LogP contribution < -0.4 is 9.47 Å². The van der Waals surface area contributed by atoms with Gasteiger partial charge in [0.05, 0.1) is 22.3 Å². The fourth-order valence-corrected chi connectivity index (χ4v) is 3.87. The molecular formula is C31H20N4O2. The number of nitriles is 4. The average Bonchev–Trinajstić information content (AvgIpc) is 2.93. The van der Waals surface area contributed by atoms with Crippen LogP contribution in [0.1, 0.15) is 47.2 Å². The molecule has 0 aliphatic carbocycles. The molecule has 0 atom stereocenters. The Morgan fingerprint density at radius 3 is 1.11 bits per heavy atom. The van der Waals surface area contributed by atoms with Crippen LogP contribution in [0.15, 0.2) is 84.9 Å². The smallest absolute Gasteiger partial charge is 0.128 e. The topological polar surface area (TPSA) is 114 Å². The van der Waals surface area contributed by atoms with Crippen LogP contribution in [0.5, 0.6) is 23.0 Å². The lowest BCUT2D eigenvalue weighted by Gasteiger charge is -2.26. The lowest BCUT2D eigenvalue weighted by atomic mass is 9.78. The van der Waals surface area contributed by atoms with Crippen LogP contribution in [-0.2, 0) is 5.41 Å². The van der Waals surface area contributed by atoms with Crippen LogP contribution >= 0.6 is 0 Å². The first-order chi connectivity index (χ1) is 17.9. The SMILES string of the molecule is CC(C)(c1ccc(Oc2ccc(C#N)c(C#N)c2)cc1)c1ccc(Oc2ccc(C#N)c(C#N)c2)cc1. The van der Waals surface area contributed by atoms with Crippen molar-refractivity contribution in [2.45, 2.75) is 19.3 Å². The van der Waals surface area contributed by atoms with Gasteiger partial charge in [-0.15, -0.1) is 0 Å². The molecule has 0 amide bonds. The summed E-state index contributed by atoms with van der Waals surface area (Å²) in [5, 5.41) is 36.6. The predicted molar refractivity (Wildman–Crippen MR) is 137 cm³/mol. The molecule has 0 aromatic heterocycles. The van der Waals surface area contributed by atoms with Gasteiger partial charge in [-0.3, -0.25) is 0 Å². The Balaban J connectivity index is 1.48. The van der Waals surface area contributed by atoms with Gasteiger partial charge in [-0.25, -0.2) is 0 Å². The molecule has 0 saturated carbocycles. The summed E-state index contributed by atoms with van der Waals surface area (Å²) in [5.41, 5.74) is 3.03. The molecule has 0 saturated heterocycles. The fraction of sp³-hybridized carbons (Fsp3) is 0.0968. The summed E-state index contributed by atoms with van der Waals surface area (Å²) in [6.07, 6.45) is 0. The van der Waals surface area contributed by atoms with E-state index in [0.717, 1.165) is 11.1 Å². The first kappa shape index (κ1) is 24.6. The molecule has 0 N–H and O–H groups in total. The number of nitrogens with zero attached hydrogens (tertiary/aromatic N) is 4. The van der Waals surface area contributed by atoms with Crippen LogP contribution in [-0.4, -0.2) is 0 Å². The lowest BCUT2D eigenvalue weighted by Crippen LogP contribution is -2.18. The van der Waals surface area contributed by atoms with E-state index in [1.54, 1.807) is 36.4 Å². The van der Waals surface area contributed by atoms with Gasteiger partial charge in [0.2, 0.25) is 0 Å². The van der Waals surface area contributed by atoms with E-state index in [9.17, 15) is 10.5 Å². The van der Waals surface area contributed by atoms with Crippen molar-refractivity contribution < 1.29 is 9.47 Å². The van der Waals surface area contributed by atoms with E-state index in [0.29, 0.717) is 34.1 Å². The zero-order valence-corrected chi connectivity index (χ0v) is 20.2. The zero-order valence-electron chi connectivity index (χ0n) is 20.2. The molecule has 0 bridgehead atoms. The number of rotatable bonds is 6. The second-order valence-corrected chi connectivity index (χ2v) is 8.74. The van der Waals surface area contributed by atoms with Crippen LogP contribution in [0.4, 0.5) is 0 Å². The third-order valence-electron chi connectivity index (χ3n) is 6.09. The molecule has 0 spiro atoms. The van der Waals surface area contributed by atoms with Gasteiger partial charge in [-0.2, -0.15) is 21.0 Å². The molecule has 4 aromatic carbocycles. The van der Waals surface area contributed by atoms with Gasteiger partial charge in [-0.05, 0) is 71.8 Å². The van der Waals surface area contributed by atoms with E-state index in [-0.39, 0.29) is 16.5 Å². The Labute approximate surface area is 215 Å². The molecule has 0 aliphatic rings. The van der Waals surface area contributed by atoms with E-state index in [2.05, 4.69) is 13.8 Å². The van der Waals surface area contributed by atoms with E-state index in [1.165, 1.54) is 0 Å². The second-order valence-electron chi connectivity index (χ2n) is 8.74. The van der Waals surface area contributed by atoms with Crippen molar-refractivity contribution in [3.05, 3.63) is 118 Å². The van der Waals surface area contributed by atoms with Crippen molar-refractivity contribution in [1.29, 1.82) is 21.0 Å². The minimum atomic E-state index is -0.304. The first-order valence-electron chi connectivity index (χ1n) is 11.3. The molecular weight excluding hydrogens is 460 g/mol. The molecule has 6 nitrogen and oxygen atoms in total. The molecule has 0 aliphatic heterocycles. The van der Waals surface area contributed by atoms with Gasteiger partial charge < -0.3 is 9.47 Å². The van der Waals surface area contributed by atoms with Gasteiger partial charge >= 0.3 is 0 Å². The highest BCUT2D eigenvalue weighted by atomic mass is 16.5. The molecule has 0 radical (unpaired) electrons. The number of ether oxygens (including phenoxy) is 2. The first-order valence-corrected chi connectivity index (χ1v) is 11.3. The average molecular weight is 481 g/mol. The normalized spacial score (nSPS) is 10.3. The summed E-state index contributed by atoms with van der Waals surface area (Å²) >= 11 is 0. The highest BCUT2D eigenvalue weighted by Gasteiger charge is 2.23. The Morgan fingerprint density at radius 1 is 0.459 bits per heavy atom. The highest BCUT2D eigenvalue weighted by molar-refractivity contribution is 5.51. The molecule has 0 unspecified atom stereocenters. The largest absolute Gasteiger partial charge is 0.457 e. The maximum atomic E-state index is 9.22. The Morgan fingerprint density at radius 2 is 0.784 bits per heavy atom. The van der Waals surface area contributed by atoms with Crippen molar-refractivity contribution in [3.8, 4) is 47.3 Å². The number of benzene rings is 4. The van der Waals surface area contributed by atoms with E-state index < -0.39 is 0 Å². The lowest BCUT2D eigenvalue weighted by molar-refractivity contribution is 0.481. The highest BCUT2D eigenvalue weighted by Crippen LogP contribution is 2.35. The summed E-state index contributed by atoms with van der Waals surface area (Å²) in [4.78, 5) is 0. The second kappa shape index (κ2) is 10.4. The molecule has 0 fully saturated rings. The summed E-state index contributed by atoms with van der Waals surface area (Å²) < 4.78 is 11.8. The Kier molecular flexibility index (Phi) is 6.88. The monoisotopic (exact) mass is 480 g/mol. The molecule has 176 valence electrons. The molecule has 37 heavy (non-hydrogen) atoms. The summed E-state index contributed by atoms with van der Waals surface area (Å²) in [5.74, 6) is 2.22. The van der Waals surface area contributed by atoms with Gasteiger partial charge in [0.25, 0.3) is 0 Å².